The molecule has 2 heterocycles. The second-order valence-corrected chi connectivity index (χ2v) is 7.90. The predicted molar refractivity (Wildman–Crippen MR) is 93.0 cm³/mol. The molecule has 0 aliphatic carbocycles. The van der Waals surface area contributed by atoms with Crippen LogP contribution < -0.4 is 4.72 Å². The van der Waals surface area contributed by atoms with E-state index in [0.29, 0.717) is 10.6 Å². The minimum atomic E-state index is -3.78. The van der Waals surface area contributed by atoms with Crippen molar-refractivity contribution >= 4 is 33.0 Å². The smallest absolute Gasteiger partial charge is 0.338 e. The van der Waals surface area contributed by atoms with Crippen LogP contribution in [0.25, 0.3) is 10.6 Å². The molecule has 3 aromatic rings. The number of rotatable bonds is 6. The summed E-state index contributed by atoms with van der Waals surface area (Å²) in [6, 6.07) is 10.9. The van der Waals surface area contributed by atoms with Gasteiger partial charge in [-0.15, -0.1) is 11.3 Å². The number of hydrogen-bond donors (Lipinski definition) is 1. The van der Waals surface area contributed by atoms with Gasteiger partial charge in [0.15, 0.2) is 5.76 Å². The van der Waals surface area contributed by atoms with Crippen molar-refractivity contribution < 1.29 is 22.5 Å². The van der Waals surface area contributed by atoms with Gasteiger partial charge in [-0.2, -0.15) is 0 Å². The van der Waals surface area contributed by atoms with Gasteiger partial charge in [-0.1, -0.05) is 11.2 Å². The van der Waals surface area contributed by atoms with Crippen molar-refractivity contribution in [2.45, 2.75) is 11.1 Å². The van der Waals surface area contributed by atoms with Gasteiger partial charge in [0.1, 0.15) is 4.21 Å². The van der Waals surface area contributed by atoms with Crippen molar-refractivity contribution in [1.82, 2.24) is 5.16 Å². The number of sulfonamides is 1. The van der Waals surface area contributed by atoms with E-state index in [9.17, 15) is 13.2 Å². The number of nitrogens with zero attached hydrogens (tertiary/aromatic N) is 1. The highest BCUT2D eigenvalue weighted by molar-refractivity contribution is 7.94. The average Bonchev–Trinajstić information content (AvgIpc) is 3.26. The van der Waals surface area contributed by atoms with Gasteiger partial charge in [-0.3, -0.25) is 4.72 Å². The van der Waals surface area contributed by atoms with Crippen molar-refractivity contribution in [3.63, 3.8) is 0 Å². The first-order valence-corrected chi connectivity index (χ1v) is 9.60. The zero-order chi connectivity index (χ0) is 17.9. The summed E-state index contributed by atoms with van der Waals surface area (Å²) in [7, 11) is -3.78. The van der Waals surface area contributed by atoms with Crippen LogP contribution in [0.4, 0.5) is 5.69 Å². The minimum Gasteiger partial charge on any atom is -0.462 e. The molecule has 0 aliphatic heterocycles. The molecule has 0 atom stereocenters. The SMILES string of the molecule is CCOC(=O)c1cccc(NS(=O)(=O)c2ccc(-c3ccno3)s2)c1. The highest BCUT2D eigenvalue weighted by Gasteiger charge is 2.19. The van der Waals surface area contributed by atoms with Crippen LogP contribution in [-0.2, 0) is 14.8 Å². The molecular weight excluding hydrogens is 364 g/mol. The molecule has 0 saturated heterocycles. The van der Waals surface area contributed by atoms with Gasteiger partial charge in [-0.05, 0) is 37.3 Å². The molecule has 0 aliphatic rings. The molecule has 0 amide bonds. The molecular formula is C16H14N2O5S2. The quantitative estimate of drug-likeness (QED) is 0.660. The van der Waals surface area contributed by atoms with Crippen molar-refractivity contribution in [3.05, 3.63) is 54.2 Å². The first-order valence-electron chi connectivity index (χ1n) is 7.30. The van der Waals surface area contributed by atoms with Gasteiger partial charge >= 0.3 is 5.97 Å². The molecule has 0 spiro atoms. The topological polar surface area (TPSA) is 98.5 Å². The van der Waals surface area contributed by atoms with Gasteiger partial charge in [-0.25, -0.2) is 13.2 Å². The van der Waals surface area contributed by atoms with Crippen LogP contribution in [0.5, 0.6) is 0 Å². The molecule has 0 bridgehead atoms. The molecule has 25 heavy (non-hydrogen) atoms. The normalized spacial score (nSPS) is 11.2. The summed E-state index contributed by atoms with van der Waals surface area (Å²) in [6.07, 6.45) is 1.49. The first kappa shape index (κ1) is 17.2. The molecule has 0 radical (unpaired) electrons. The number of benzene rings is 1. The zero-order valence-corrected chi connectivity index (χ0v) is 14.8. The summed E-state index contributed by atoms with van der Waals surface area (Å²) in [5.74, 6) is -0.0111. The lowest BCUT2D eigenvalue weighted by Gasteiger charge is -2.08. The number of esters is 1. The van der Waals surface area contributed by atoms with Crippen LogP contribution in [0, 0.1) is 0 Å². The van der Waals surface area contributed by atoms with E-state index in [1.54, 1.807) is 37.3 Å². The van der Waals surface area contributed by atoms with Gasteiger partial charge in [0, 0.05) is 11.8 Å². The number of aromatic nitrogens is 1. The fourth-order valence-electron chi connectivity index (χ4n) is 2.07. The van der Waals surface area contributed by atoms with Gasteiger partial charge in [0.25, 0.3) is 10.0 Å². The monoisotopic (exact) mass is 378 g/mol. The van der Waals surface area contributed by atoms with Crippen LogP contribution >= 0.6 is 11.3 Å². The largest absolute Gasteiger partial charge is 0.462 e. The van der Waals surface area contributed by atoms with Gasteiger partial charge in [0.05, 0.1) is 23.2 Å². The number of carbonyl (C=O) groups is 1. The number of ether oxygens (including phenoxy) is 1. The van der Waals surface area contributed by atoms with E-state index >= 15 is 0 Å². The molecule has 9 heteroatoms. The van der Waals surface area contributed by atoms with Crippen molar-refractivity contribution in [2.75, 3.05) is 11.3 Å². The second kappa shape index (κ2) is 7.08. The standard InChI is InChI=1S/C16H14N2O5S2/c1-2-22-16(19)11-4-3-5-12(10-11)18-25(20,21)15-7-6-14(24-15)13-8-9-17-23-13/h3-10,18H,2H2,1H3. The number of hydrogen-bond acceptors (Lipinski definition) is 7. The maximum absolute atomic E-state index is 12.5. The minimum absolute atomic E-state index is 0.125. The van der Waals surface area contributed by atoms with E-state index in [4.69, 9.17) is 9.26 Å². The van der Waals surface area contributed by atoms with E-state index < -0.39 is 16.0 Å². The Labute approximate surface area is 148 Å². The molecule has 0 saturated carbocycles. The van der Waals surface area contributed by atoms with Gasteiger partial charge < -0.3 is 9.26 Å². The van der Waals surface area contributed by atoms with E-state index in [0.717, 1.165) is 11.3 Å². The van der Waals surface area contributed by atoms with Crippen molar-refractivity contribution in [2.24, 2.45) is 0 Å². The first-order chi connectivity index (χ1) is 12.0. The molecule has 3 rings (SSSR count). The zero-order valence-electron chi connectivity index (χ0n) is 13.1. The Morgan fingerprint density at radius 3 is 2.84 bits per heavy atom. The molecule has 0 unspecified atom stereocenters. The summed E-state index contributed by atoms with van der Waals surface area (Å²) < 4.78 is 37.6. The lowest BCUT2D eigenvalue weighted by molar-refractivity contribution is 0.0526. The van der Waals surface area contributed by atoms with Crippen LogP contribution in [0.15, 0.2) is 57.4 Å². The Morgan fingerprint density at radius 2 is 2.12 bits per heavy atom. The Kier molecular flexibility index (Phi) is 4.86. The van der Waals surface area contributed by atoms with E-state index in [1.807, 2.05) is 0 Å². The van der Waals surface area contributed by atoms with E-state index in [2.05, 4.69) is 9.88 Å². The Balaban J connectivity index is 1.82. The summed E-state index contributed by atoms with van der Waals surface area (Å²) >= 11 is 1.06. The van der Waals surface area contributed by atoms with Crippen molar-refractivity contribution in [1.29, 1.82) is 0 Å². The third kappa shape index (κ3) is 3.89. The van der Waals surface area contributed by atoms with E-state index in [1.165, 1.54) is 18.3 Å². The van der Waals surface area contributed by atoms with Crippen molar-refractivity contribution in [3.8, 4) is 10.6 Å². The molecule has 0 fully saturated rings. The number of thiophene rings is 1. The van der Waals surface area contributed by atoms with Crippen LogP contribution in [-0.4, -0.2) is 26.2 Å². The molecule has 7 nitrogen and oxygen atoms in total. The highest BCUT2D eigenvalue weighted by atomic mass is 32.2. The third-order valence-electron chi connectivity index (χ3n) is 3.15. The highest BCUT2D eigenvalue weighted by Crippen LogP contribution is 2.31. The number of nitrogens with one attached hydrogen (secondary N) is 1. The fourth-order valence-corrected chi connectivity index (χ4v) is 4.38. The van der Waals surface area contributed by atoms with Crippen LogP contribution in [0.3, 0.4) is 0 Å². The molecule has 1 N–H and O–H groups in total. The third-order valence-corrected chi connectivity index (χ3v) is 6.13. The molecule has 1 aromatic carbocycles. The summed E-state index contributed by atoms with van der Waals surface area (Å²) in [5, 5.41) is 3.60. The Morgan fingerprint density at radius 1 is 1.28 bits per heavy atom. The van der Waals surface area contributed by atoms with E-state index in [-0.39, 0.29) is 22.1 Å². The fraction of sp³-hybridized carbons (Fsp3) is 0.125. The number of carbonyl (C=O) groups excluding carboxylic acids is 1. The Hall–Kier alpha value is -2.65. The lowest BCUT2D eigenvalue weighted by atomic mass is 10.2. The summed E-state index contributed by atoms with van der Waals surface area (Å²) in [4.78, 5) is 12.4. The summed E-state index contributed by atoms with van der Waals surface area (Å²) in [6.45, 7) is 1.95. The average molecular weight is 378 g/mol. The predicted octanol–water partition coefficient (Wildman–Crippen LogP) is 3.38. The Bertz CT molecular complexity index is 978. The molecule has 130 valence electrons. The second-order valence-electron chi connectivity index (χ2n) is 4.90. The van der Waals surface area contributed by atoms with Crippen LogP contribution in [0.2, 0.25) is 0 Å². The maximum Gasteiger partial charge on any atom is 0.338 e. The van der Waals surface area contributed by atoms with Crippen LogP contribution in [0.1, 0.15) is 17.3 Å². The molecule has 2 aromatic heterocycles. The number of anilines is 1. The lowest BCUT2D eigenvalue weighted by Crippen LogP contribution is -2.12. The summed E-state index contributed by atoms with van der Waals surface area (Å²) in [5.41, 5.74) is 0.552. The maximum atomic E-state index is 12.5. The van der Waals surface area contributed by atoms with Gasteiger partial charge in [0.2, 0.25) is 0 Å².